The number of hydrogen-bond donors (Lipinski definition) is 0. The Labute approximate surface area is 347 Å². The number of carbonyl (C=O) groups excluding carboxylic acids is 2. The quantitative estimate of drug-likeness (QED) is 0.0351. The summed E-state index contributed by atoms with van der Waals surface area (Å²) in [5.41, 5.74) is 0. The van der Waals surface area contributed by atoms with Crippen molar-refractivity contribution >= 4 is 11.9 Å². The largest absolute Gasteiger partial charge is 0.462 e. The molecule has 0 fully saturated rings. The number of esters is 2. The van der Waals surface area contributed by atoms with Crippen LogP contribution in [-0.4, -0.2) is 37.9 Å². The molecule has 0 saturated carbocycles. The van der Waals surface area contributed by atoms with E-state index in [-0.39, 0.29) is 25.2 Å². The van der Waals surface area contributed by atoms with Gasteiger partial charge in [-0.3, -0.25) is 9.59 Å². The molecule has 56 heavy (non-hydrogen) atoms. The van der Waals surface area contributed by atoms with E-state index in [0.717, 1.165) is 64.2 Å². The number of hydrogen-bond acceptors (Lipinski definition) is 5. The molecule has 0 N–H and O–H groups in total. The maximum atomic E-state index is 12.7. The van der Waals surface area contributed by atoms with Crippen LogP contribution in [0.3, 0.4) is 0 Å². The number of ether oxygens (including phenoxy) is 3. The molecule has 322 valence electrons. The molecule has 1 atom stereocenters. The van der Waals surface area contributed by atoms with E-state index in [1.54, 1.807) is 0 Å². The number of allylic oxidation sites excluding steroid dienone is 12. The predicted molar refractivity (Wildman–Crippen MR) is 242 cm³/mol. The number of rotatable bonds is 42. The second kappa shape index (κ2) is 46.7. The van der Waals surface area contributed by atoms with Gasteiger partial charge in [-0.1, -0.05) is 196 Å². The minimum Gasteiger partial charge on any atom is -0.462 e. The molecule has 0 saturated heterocycles. The van der Waals surface area contributed by atoms with Gasteiger partial charge in [0.1, 0.15) is 6.61 Å². The molecule has 5 nitrogen and oxygen atoms in total. The van der Waals surface area contributed by atoms with Gasteiger partial charge >= 0.3 is 11.9 Å². The molecule has 0 spiro atoms. The van der Waals surface area contributed by atoms with Crippen LogP contribution in [0, 0.1) is 0 Å². The first-order chi connectivity index (χ1) is 27.6. The highest BCUT2D eigenvalue weighted by Crippen LogP contribution is 2.13. The van der Waals surface area contributed by atoms with Gasteiger partial charge < -0.3 is 14.2 Å². The SMILES string of the molecule is CC/C=C\C/C=C\C/C=C\C/C=C\CCC(=O)OC(COCCCCCCCCCC)COC(=O)CCCCCCCCCCC/C=C\C/C=C\CCCCC. The fourth-order valence-electron chi connectivity index (χ4n) is 6.26. The Bertz CT molecular complexity index is 1020. The molecule has 1 unspecified atom stereocenters. The topological polar surface area (TPSA) is 61.8 Å². The summed E-state index contributed by atoms with van der Waals surface area (Å²) < 4.78 is 17.2. The molecule has 0 aromatic rings. The van der Waals surface area contributed by atoms with Crippen molar-refractivity contribution in [2.45, 2.75) is 219 Å². The van der Waals surface area contributed by atoms with E-state index >= 15 is 0 Å². The summed E-state index contributed by atoms with van der Waals surface area (Å²) >= 11 is 0. The average Bonchev–Trinajstić information content (AvgIpc) is 3.20. The highest BCUT2D eigenvalue weighted by atomic mass is 16.6. The molecular formula is C51H88O5. The zero-order valence-corrected chi connectivity index (χ0v) is 36.9. The highest BCUT2D eigenvalue weighted by Gasteiger charge is 2.17. The lowest BCUT2D eigenvalue weighted by Gasteiger charge is -2.18. The monoisotopic (exact) mass is 781 g/mol. The predicted octanol–water partition coefficient (Wildman–Crippen LogP) is 15.6. The first kappa shape index (κ1) is 53.3. The summed E-state index contributed by atoms with van der Waals surface area (Å²) in [4.78, 5) is 25.2. The van der Waals surface area contributed by atoms with E-state index in [1.165, 1.54) is 109 Å². The van der Waals surface area contributed by atoms with Crippen LogP contribution in [0.15, 0.2) is 72.9 Å². The molecule has 0 heterocycles. The van der Waals surface area contributed by atoms with E-state index in [9.17, 15) is 9.59 Å². The Balaban J connectivity index is 4.23. The van der Waals surface area contributed by atoms with Gasteiger partial charge in [0, 0.05) is 19.4 Å². The molecule has 0 radical (unpaired) electrons. The summed E-state index contributed by atoms with van der Waals surface area (Å²) in [5, 5.41) is 0. The first-order valence-electron chi connectivity index (χ1n) is 23.5. The van der Waals surface area contributed by atoms with E-state index in [1.807, 2.05) is 6.08 Å². The van der Waals surface area contributed by atoms with Crippen LogP contribution in [0.4, 0.5) is 0 Å². The normalized spacial score (nSPS) is 12.8. The van der Waals surface area contributed by atoms with Crippen molar-refractivity contribution in [3.8, 4) is 0 Å². The molecular weight excluding hydrogens is 693 g/mol. The maximum Gasteiger partial charge on any atom is 0.306 e. The fourth-order valence-corrected chi connectivity index (χ4v) is 6.26. The molecule has 0 aromatic heterocycles. The van der Waals surface area contributed by atoms with Gasteiger partial charge in [-0.15, -0.1) is 0 Å². The van der Waals surface area contributed by atoms with Gasteiger partial charge in [-0.05, 0) is 77.0 Å². The molecule has 5 heteroatoms. The molecule has 0 rings (SSSR count). The van der Waals surface area contributed by atoms with Gasteiger partial charge in [-0.25, -0.2) is 0 Å². The highest BCUT2D eigenvalue weighted by molar-refractivity contribution is 5.70. The van der Waals surface area contributed by atoms with Crippen LogP contribution in [0.5, 0.6) is 0 Å². The first-order valence-corrected chi connectivity index (χ1v) is 23.5. The molecule has 0 aliphatic carbocycles. The third-order valence-corrected chi connectivity index (χ3v) is 9.74. The van der Waals surface area contributed by atoms with Crippen LogP contribution in [0.2, 0.25) is 0 Å². The lowest BCUT2D eigenvalue weighted by molar-refractivity contribution is -0.162. The van der Waals surface area contributed by atoms with Gasteiger partial charge in [-0.2, -0.15) is 0 Å². The van der Waals surface area contributed by atoms with Crippen LogP contribution < -0.4 is 0 Å². The van der Waals surface area contributed by atoms with Crippen LogP contribution in [0.25, 0.3) is 0 Å². The van der Waals surface area contributed by atoms with Gasteiger partial charge in [0.25, 0.3) is 0 Å². The summed E-state index contributed by atoms with van der Waals surface area (Å²) in [6.45, 7) is 7.59. The minimum absolute atomic E-state index is 0.0535. The lowest BCUT2D eigenvalue weighted by Crippen LogP contribution is -2.30. The average molecular weight is 781 g/mol. The summed E-state index contributed by atoms with van der Waals surface area (Å²) in [5.74, 6) is -0.497. The summed E-state index contributed by atoms with van der Waals surface area (Å²) in [6, 6.07) is 0. The molecule has 0 bridgehead atoms. The second-order valence-corrected chi connectivity index (χ2v) is 15.3. The van der Waals surface area contributed by atoms with E-state index in [2.05, 4.69) is 87.6 Å². The number of carbonyl (C=O) groups is 2. The van der Waals surface area contributed by atoms with Crippen LogP contribution >= 0.6 is 0 Å². The van der Waals surface area contributed by atoms with E-state index < -0.39 is 6.10 Å². The number of unbranched alkanes of at least 4 members (excludes halogenated alkanes) is 19. The Kier molecular flexibility index (Phi) is 44.5. The molecule has 0 amide bonds. The third-order valence-electron chi connectivity index (χ3n) is 9.74. The Morgan fingerprint density at radius 3 is 1.39 bits per heavy atom. The fraction of sp³-hybridized carbons (Fsp3) is 0.725. The summed E-state index contributed by atoms with van der Waals surface area (Å²) in [6.07, 6.45) is 59.2. The van der Waals surface area contributed by atoms with E-state index in [0.29, 0.717) is 25.9 Å². The smallest absolute Gasteiger partial charge is 0.306 e. The molecule has 0 aromatic carbocycles. The zero-order chi connectivity index (χ0) is 40.7. The molecule has 0 aliphatic heterocycles. The van der Waals surface area contributed by atoms with Crippen LogP contribution in [-0.2, 0) is 23.8 Å². The van der Waals surface area contributed by atoms with Crippen molar-refractivity contribution in [1.29, 1.82) is 0 Å². The second-order valence-electron chi connectivity index (χ2n) is 15.3. The maximum absolute atomic E-state index is 12.7. The van der Waals surface area contributed by atoms with Crippen molar-refractivity contribution in [1.82, 2.24) is 0 Å². The Hall–Kier alpha value is -2.66. The van der Waals surface area contributed by atoms with Crippen molar-refractivity contribution in [2.75, 3.05) is 19.8 Å². The van der Waals surface area contributed by atoms with Gasteiger partial charge in [0.05, 0.1) is 6.61 Å². The third kappa shape index (κ3) is 44.1. The van der Waals surface area contributed by atoms with Crippen LogP contribution in [0.1, 0.15) is 213 Å². The van der Waals surface area contributed by atoms with Crippen molar-refractivity contribution in [3.63, 3.8) is 0 Å². The van der Waals surface area contributed by atoms with Crippen molar-refractivity contribution < 1.29 is 23.8 Å². The van der Waals surface area contributed by atoms with Crippen molar-refractivity contribution in [2.24, 2.45) is 0 Å². The Morgan fingerprint density at radius 1 is 0.411 bits per heavy atom. The van der Waals surface area contributed by atoms with Gasteiger partial charge in [0.15, 0.2) is 6.10 Å². The standard InChI is InChI=1S/C51H88O5/c1-4-7-10-13-16-19-21-23-24-25-26-27-28-30-31-33-35-38-41-44-50(52)55-48-49(47-54-46-43-40-37-18-15-12-9-6-3)56-51(53)45-42-39-36-34-32-29-22-20-17-14-11-8-5-2/h8,11,16-17,19-20,23-24,29,32,36,39,49H,4-7,9-10,12-15,18,21-22,25-28,30-31,33-35,37-38,40-48H2,1-3H3/b11-8-,19-16-,20-17-,24-23-,32-29-,39-36-. The Morgan fingerprint density at radius 2 is 0.839 bits per heavy atom. The molecule has 0 aliphatic rings. The summed E-state index contributed by atoms with van der Waals surface area (Å²) in [7, 11) is 0. The van der Waals surface area contributed by atoms with E-state index in [4.69, 9.17) is 14.2 Å². The zero-order valence-electron chi connectivity index (χ0n) is 36.9. The minimum atomic E-state index is -0.573. The van der Waals surface area contributed by atoms with Crippen molar-refractivity contribution in [3.05, 3.63) is 72.9 Å². The van der Waals surface area contributed by atoms with Gasteiger partial charge in [0.2, 0.25) is 0 Å². The lowest BCUT2D eigenvalue weighted by atomic mass is 10.1.